The molecule has 0 atom stereocenters. The molecule has 3 nitrogen and oxygen atoms in total. The van der Waals surface area contributed by atoms with Gasteiger partial charge in [0.25, 0.3) is 5.91 Å². The molecule has 0 radical (unpaired) electrons. The summed E-state index contributed by atoms with van der Waals surface area (Å²) >= 11 is 5.82. The van der Waals surface area contributed by atoms with Gasteiger partial charge < -0.3 is 5.32 Å². The zero-order valence-electron chi connectivity index (χ0n) is 11.2. The van der Waals surface area contributed by atoms with Gasteiger partial charge in [-0.05, 0) is 42.9 Å². The van der Waals surface area contributed by atoms with Crippen molar-refractivity contribution >= 4 is 28.4 Å². The first-order valence-corrected chi connectivity index (χ1v) is 7.45. The average molecular weight is 289 g/mol. The molecule has 0 bridgehead atoms. The molecule has 0 spiro atoms. The van der Waals surface area contributed by atoms with Crippen molar-refractivity contribution in [2.24, 2.45) is 5.41 Å². The maximum atomic E-state index is 12.4. The fraction of sp³-hybridized carbons (Fsp3) is 0.375. The third-order valence-electron chi connectivity index (χ3n) is 4.10. The molecule has 1 saturated carbocycles. The minimum Gasteiger partial charge on any atom is -0.351 e. The van der Waals surface area contributed by atoms with Crippen molar-refractivity contribution in [1.82, 2.24) is 10.3 Å². The van der Waals surface area contributed by atoms with Gasteiger partial charge in [0.2, 0.25) is 0 Å². The number of benzene rings is 1. The fourth-order valence-corrected chi connectivity index (χ4v) is 2.96. The quantitative estimate of drug-likeness (QED) is 0.857. The smallest absolute Gasteiger partial charge is 0.251 e. The molecule has 1 aliphatic rings. The van der Waals surface area contributed by atoms with Crippen molar-refractivity contribution in [2.75, 3.05) is 12.4 Å². The van der Waals surface area contributed by atoms with E-state index in [1.807, 2.05) is 30.3 Å². The summed E-state index contributed by atoms with van der Waals surface area (Å²) in [6.07, 6.45) is 5.05. The van der Waals surface area contributed by atoms with Gasteiger partial charge in [-0.25, -0.2) is 0 Å². The van der Waals surface area contributed by atoms with Crippen LogP contribution in [-0.2, 0) is 0 Å². The van der Waals surface area contributed by atoms with Crippen LogP contribution in [0.2, 0.25) is 0 Å². The number of halogens is 1. The van der Waals surface area contributed by atoms with Gasteiger partial charge >= 0.3 is 0 Å². The number of rotatable bonds is 5. The van der Waals surface area contributed by atoms with Crippen molar-refractivity contribution < 1.29 is 4.79 Å². The van der Waals surface area contributed by atoms with Gasteiger partial charge in [-0.2, -0.15) is 0 Å². The second-order valence-corrected chi connectivity index (χ2v) is 5.88. The summed E-state index contributed by atoms with van der Waals surface area (Å²) in [5.41, 5.74) is 1.79. The Balaban J connectivity index is 1.76. The van der Waals surface area contributed by atoms with Gasteiger partial charge in [-0.1, -0.05) is 12.1 Å². The van der Waals surface area contributed by atoms with E-state index in [-0.39, 0.29) is 11.3 Å². The number of fused-ring (bicyclic) bond motifs is 1. The molecule has 1 aromatic heterocycles. The fourth-order valence-electron chi connectivity index (χ4n) is 2.56. The highest BCUT2D eigenvalue weighted by Gasteiger charge is 2.41. The zero-order valence-corrected chi connectivity index (χ0v) is 12.0. The molecule has 1 fully saturated rings. The molecule has 1 amide bonds. The Morgan fingerprint density at radius 2 is 2.15 bits per heavy atom. The molecule has 0 saturated heterocycles. The topological polar surface area (TPSA) is 42.0 Å². The first kappa shape index (κ1) is 13.4. The van der Waals surface area contributed by atoms with E-state index in [4.69, 9.17) is 11.6 Å². The van der Waals surface area contributed by atoms with Crippen molar-refractivity contribution in [1.29, 1.82) is 0 Å². The van der Waals surface area contributed by atoms with E-state index in [0.717, 1.165) is 36.7 Å². The van der Waals surface area contributed by atoms with Crippen LogP contribution in [0.5, 0.6) is 0 Å². The summed E-state index contributed by atoms with van der Waals surface area (Å²) in [7, 11) is 0. The molecule has 104 valence electrons. The van der Waals surface area contributed by atoms with Crippen molar-refractivity contribution in [3.05, 3.63) is 42.1 Å². The summed E-state index contributed by atoms with van der Waals surface area (Å²) in [5.74, 6) is 0.637. The Kier molecular flexibility index (Phi) is 3.62. The number of carbonyl (C=O) groups is 1. The van der Waals surface area contributed by atoms with E-state index in [0.29, 0.717) is 11.4 Å². The summed E-state index contributed by atoms with van der Waals surface area (Å²) < 4.78 is 0. The Morgan fingerprint density at radius 3 is 2.90 bits per heavy atom. The number of carbonyl (C=O) groups excluding carboxylic acids is 1. The molecule has 0 unspecified atom stereocenters. The number of nitrogens with zero attached hydrogens (tertiary/aromatic N) is 1. The molecular formula is C16H17ClN2O. The second kappa shape index (κ2) is 5.41. The summed E-state index contributed by atoms with van der Waals surface area (Å²) in [6, 6.07) is 9.43. The van der Waals surface area contributed by atoms with Crippen LogP contribution >= 0.6 is 11.6 Å². The largest absolute Gasteiger partial charge is 0.351 e. The Labute approximate surface area is 123 Å². The standard InChI is InChI=1S/C16H17ClN2O/c17-9-8-16(6-7-16)11-19-15(20)13-3-1-5-14-12(13)4-2-10-18-14/h1-5,10H,6-9,11H2,(H,19,20). The number of amides is 1. The first-order valence-electron chi connectivity index (χ1n) is 6.92. The van der Waals surface area contributed by atoms with Gasteiger partial charge in [-0.3, -0.25) is 9.78 Å². The highest BCUT2D eigenvalue weighted by Crippen LogP contribution is 2.48. The van der Waals surface area contributed by atoms with E-state index >= 15 is 0 Å². The lowest BCUT2D eigenvalue weighted by Gasteiger charge is -2.15. The maximum absolute atomic E-state index is 12.4. The van der Waals surface area contributed by atoms with Gasteiger partial charge in [-0.15, -0.1) is 11.6 Å². The molecule has 1 aliphatic carbocycles. The van der Waals surface area contributed by atoms with Crippen molar-refractivity contribution in [2.45, 2.75) is 19.3 Å². The van der Waals surface area contributed by atoms with E-state index < -0.39 is 0 Å². The van der Waals surface area contributed by atoms with E-state index in [9.17, 15) is 4.79 Å². The summed E-state index contributed by atoms with van der Waals surface area (Å²) in [5, 5.41) is 3.95. The molecule has 1 aromatic carbocycles. The number of aromatic nitrogens is 1. The minimum atomic E-state index is -0.0237. The second-order valence-electron chi connectivity index (χ2n) is 5.50. The van der Waals surface area contributed by atoms with Crippen LogP contribution in [0, 0.1) is 5.41 Å². The number of nitrogens with one attached hydrogen (secondary N) is 1. The molecule has 1 N–H and O–H groups in total. The lowest BCUT2D eigenvalue weighted by Crippen LogP contribution is -2.30. The van der Waals surface area contributed by atoms with Crippen LogP contribution in [0.1, 0.15) is 29.6 Å². The highest BCUT2D eigenvalue weighted by molar-refractivity contribution is 6.17. The Hall–Kier alpha value is -1.61. The molecule has 4 heteroatoms. The van der Waals surface area contributed by atoms with Gasteiger partial charge in [0.05, 0.1) is 5.52 Å². The van der Waals surface area contributed by atoms with E-state index in [1.54, 1.807) is 6.20 Å². The predicted octanol–water partition coefficient (Wildman–Crippen LogP) is 3.37. The lowest BCUT2D eigenvalue weighted by molar-refractivity contribution is 0.0946. The van der Waals surface area contributed by atoms with Gasteiger partial charge in [0.1, 0.15) is 0 Å². The zero-order chi connectivity index (χ0) is 14.0. The molecule has 3 rings (SSSR count). The van der Waals surface area contributed by atoms with Crippen molar-refractivity contribution in [3.8, 4) is 0 Å². The van der Waals surface area contributed by atoms with Crippen LogP contribution in [-0.4, -0.2) is 23.3 Å². The minimum absolute atomic E-state index is 0.0237. The first-order chi connectivity index (χ1) is 9.74. The Morgan fingerprint density at radius 1 is 1.30 bits per heavy atom. The van der Waals surface area contributed by atoms with E-state index in [2.05, 4.69) is 10.3 Å². The van der Waals surface area contributed by atoms with Crippen LogP contribution in [0.4, 0.5) is 0 Å². The molecular weight excluding hydrogens is 272 g/mol. The van der Waals surface area contributed by atoms with Crippen molar-refractivity contribution in [3.63, 3.8) is 0 Å². The van der Waals surface area contributed by atoms with Crippen LogP contribution in [0.15, 0.2) is 36.5 Å². The number of alkyl halides is 1. The average Bonchev–Trinajstić information content (AvgIpc) is 3.25. The predicted molar refractivity (Wildman–Crippen MR) is 81.1 cm³/mol. The third-order valence-corrected chi connectivity index (χ3v) is 4.29. The number of hydrogen-bond donors (Lipinski definition) is 1. The van der Waals surface area contributed by atoms with Crippen LogP contribution in [0.3, 0.4) is 0 Å². The van der Waals surface area contributed by atoms with Crippen LogP contribution in [0.25, 0.3) is 10.9 Å². The summed E-state index contributed by atoms with van der Waals surface area (Å²) in [6.45, 7) is 0.717. The van der Waals surface area contributed by atoms with Gasteiger partial charge in [0.15, 0.2) is 0 Å². The highest BCUT2D eigenvalue weighted by atomic mass is 35.5. The van der Waals surface area contributed by atoms with Crippen LogP contribution < -0.4 is 5.32 Å². The monoisotopic (exact) mass is 288 g/mol. The normalized spacial score (nSPS) is 16.1. The number of pyridine rings is 1. The lowest BCUT2D eigenvalue weighted by atomic mass is 10.0. The molecule has 2 aromatic rings. The molecule has 1 heterocycles. The van der Waals surface area contributed by atoms with E-state index in [1.165, 1.54) is 0 Å². The molecule has 0 aliphatic heterocycles. The van der Waals surface area contributed by atoms with Gasteiger partial charge in [0, 0.05) is 29.6 Å². The maximum Gasteiger partial charge on any atom is 0.251 e. The molecule has 20 heavy (non-hydrogen) atoms. The SMILES string of the molecule is O=C(NCC1(CCCl)CC1)c1cccc2ncccc12. The number of hydrogen-bond acceptors (Lipinski definition) is 2. The summed E-state index contributed by atoms with van der Waals surface area (Å²) in [4.78, 5) is 16.6. The Bertz CT molecular complexity index is 632. The third kappa shape index (κ3) is 2.63.